The van der Waals surface area contributed by atoms with Gasteiger partial charge in [-0.05, 0) is 60.7 Å². The minimum atomic E-state index is -3.53. The first kappa shape index (κ1) is 17.0. The SMILES string of the molecule is Nc1ccc(S(=O)(=O)c2ccc(NCCc3ccccn3)cc2)cc1. The van der Waals surface area contributed by atoms with Crippen LogP contribution in [0.4, 0.5) is 11.4 Å². The molecule has 0 aliphatic heterocycles. The molecule has 1 aromatic heterocycles. The fourth-order valence-electron chi connectivity index (χ4n) is 2.42. The summed E-state index contributed by atoms with van der Waals surface area (Å²) in [5.41, 5.74) is 8.02. The molecule has 0 fully saturated rings. The summed E-state index contributed by atoms with van der Waals surface area (Å²) in [6, 6.07) is 18.8. The fourth-order valence-corrected chi connectivity index (χ4v) is 3.68. The van der Waals surface area contributed by atoms with Gasteiger partial charge in [0.25, 0.3) is 0 Å². The Morgan fingerprint density at radius 2 is 1.52 bits per heavy atom. The van der Waals surface area contributed by atoms with Crippen LogP contribution in [0, 0.1) is 0 Å². The third-order valence-corrected chi connectivity index (χ3v) is 5.58. The molecular weight excluding hydrogens is 334 g/mol. The first-order valence-corrected chi connectivity index (χ1v) is 9.38. The molecule has 0 saturated carbocycles. The highest BCUT2D eigenvalue weighted by Gasteiger charge is 2.17. The molecule has 0 saturated heterocycles. The van der Waals surface area contributed by atoms with E-state index in [9.17, 15) is 8.42 Å². The largest absolute Gasteiger partial charge is 0.399 e. The number of nitrogens with two attached hydrogens (primary N) is 1. The lowest BCUT2D eigenvalue weighted by Gasteiger charge is -2.08. The van der Waals surface area contributed by atoms with Gasteiger partial charge in [-0.15, -0.1) is 0 Å². The predicted octanol–water partition coefficient (Wildman–Crippen LogP) is 3.15. The van der Waals surface area contributed by atoms with Crippen molar-refractivity contribution in [2.45, 2.75) is 16.2 Å². The van der Waals surface area contributed by atoms with Gasteiger partial charge >= 0.3 is 0 Å². The van der Waals surface area contributed by atoms with Crippen LogP contribution < -0.4 is 11.1 Å². The number of nitrogens with zero attached hydrogens (tertiary/aromatic N) is 1. The van der Waals surface area contributed by atoms with Crippen LogP contribution >= 0.6 is 0 Å². The maximum absolute atomic E-state index is 12.6. The number of sulfone groups is 1. The molecule has 25 heavy (non-hydrogen) atoms. The first-order chi connectivity index (χ1) is 12.1. The number of benzene rings is 2. The highest BCUT2D eigenvalue weighted by Crippen LogP contribution is 2.23. The maximum atomic E-state index is 12.6. The lowest BCUT2D eigenvalue weighted by Crippen LogP contribution is -2.06. The summed E-state index contributed by atoms with van der Waals surface area (Å²) in [5.74, 6) is 0. The van der Waals surface area contributed by atoms with Crippen LogP contribution in [0.3, 0.4) is 0 Å². The Labute approximate surface area is 147 Å². The topological polar surface area (TPSA) is 85.1 Å². The van der Waals surface area contributed by atoms with Gasteiger partial charge in [0, 0.05) is 36.2 Å². The zero-order chi connectivity index (χ0) is 17.7. The Morgan fingerprint density at radius 3 is 2.12 bits per heavy atom. The van der Waals surface area contributed by atoms with Gasteiger partial charge in [0.15, 0.2) is 0 Å². The Kier molecular flexibility index (Phi) is 5.00. The van der Waals surface area contributed by atoms with Crippen LogP contribution in [0.5, 0.6) is 0 Å². The summed E-state index contributed by atoms with van der Waals surface area (Å²) in [6.45, 7) is 0.723. The average molecular weight is 353 g/mol. The Balaban J connectivity index is 1.66. The molecule has 0 amide bonds. The van der Waals surface area contributed by atoms with E-state index in [0.717, 1.165) is 24.3 Å². The van der Waals surface area contributed by atoms with Crippen molar-refractivity contribution >= 4 is 21.2 Å². The molecule has 3 rings (SSSR count). The second-order valence-electron chi connectivity index (χ2n) is 5.59. The molecule has 0 bridgehead atoms. The summed E-state index contributed by atoms with van der Waals surface area (Å²) in [4.78, 5) is 4.76. The molecule has 2 aromatic carbocycles. The predicted molar refractivity (Wildman–Crippen MR) is 99.2 cm³/mol. The maximum Gasteiger partial charge on any atom is 0.206 e. The van der Waals surface area contributed by atoms with E-state index in [1.807, 2.05) is 18.2 Å². The van der Waals surface area contributed by atoms with E-state index in [1.54, 1.807) is 42.6 Å². The normalized spacial score (nSPS) is 11.2. The molecular formula is C19H19N3O2S. The van der Waals surface area contributed by atoms with Gasteiger partial charge in [0.1, 0.15) is 0 Å². The number of hydrogen-bond acceptors (Lipinski definition) is 5. The van der Waals surface area contributed by atoms with Crippen molar-refractivity contribution in [1.82, 2.24) is 4.98 Å². The number of anilines is 2. The minimum absolute atomic E-state index is 0.234. The van der Waals surface area contributed by atoms with Crippen molar-refractivity contribution in [3.05, 3.63) is 78.6 Å². The van der Waals surface area contributed by atoms with E-state index < -0.39 is 9.84 Å². The first-order valence-electron chi connectivity index (χ1n) is 7.90. The molecule has 1 heterocycles. The number of nitrogen functional groups attached to an aromatic ring is 1. The smallest absolute Gasteiger partial charge is 0.206 e. The van der Waals surface area contributed by atoms with Crippen molar-refractivity contribution in [3.63, 3.8) is 0 Å². The van der Waals surface area contributed by atoms with E-state index >= 15 is 0 Å². The number of pyridine rings is 1. The summed E-state index contributed by atoms with van der Waals surface area (Å²) < 4.78 is 25.2. The summed E-state index contributed by atoms with van der Waals surface area (Å²) in [7, 11) is -3.53. The second-order valence-corrected chi connectivity index (χ2v) is 7.54. The van der Waals surface area contributed by atoms with Crippen molar-refractivity contribution in [2.75, 3.05) is 17.6 Å². The number of hydrogen-bond donors (Lipinski definition) is 2. The molecule has 0 atom stereocenters. The Morgan fingerprint density at radius 1 is 0.880 bits per heavy atom. The molecule has 128 valence electrons. The summed E-state index contributed by atoms with van der Waals surface area (Å²) in [5, 5.41) is 3.27. The van der Waals surface area contributed by atoms with Crippen molar-refractivity contribution in [3.8, 4) is 0 Å². The number of aromatic nitrogens is 1. The van der Waals surface area contributed by atoms with Crippen LogP contribution in [-0.2, 0) is 16.3 Å². The quantitative estimate of drug-likeness (QED) is 0.665. The molecule has 3 N–H and O–H groups in total. The van der Waals surface area contributed by atoms with E-state index in [0.29, 0.717) is 5.69 Å². The number of rotatable bonds is 6. The van der Waals surface area contributed by atoms with E-state index in [2.05, 4.69) is 10.3 Å². The monoisotopic (exact) mass is 353 g/mol. The van der Waals surface area contributed by atoms with Crippen LogP contribution in [0.15, 0.2) is 82.7 Å². The second kappa shape index (κ2) is 7.36. The molecule has 0 spiro atoms. The average Bonchev–Trinajstić information content (AvgIpc) is 2.63. The van der Waals surface area contributed by atoms with Gasteiger partial charge in [0.2, 0.25) is 9.84 Å². The highest BCUT2D eigenvalue weighted by atomic mass is 32.2. The fraction of sp³-hybridized carbons (Fsp3) is 0.105. The van der Waals surface area contributed by atoms with Gasteiger partial charge < -0.3 is 11.1 Å². The minimum Gasteiger partial charge on any atom is -0.399 e. The third-order valence-electron chi connectivity index (χ3n) is 3.79. The van der Waals surface area contributed by atoms with Gasteiger partial charge in [-0.2, -0.15) is 0 Å². The van der Waals surface area contributed by atoms with Crippen LogP contribution in [0.1, 0.15) is 5.69 Å². The van der Waals surface area contributed by atoms with Crippen molar-refractivity contribution in [2.24, 2.45) is 0 Å². The summed E-state index contributed by atoms with van der Waals surface area (Å²) in [6.07, 6.45) is 2.57. The van der Waals surface area contributed by atoms with E-state index in [1.165, 1.54) is 12.1 Å². The molecule has 0 aliphatic carbocycles. The van der Waals surface area contributed by atoms with Gasteiger partial charge in [-0.3, -0.25) is 4.98 Å². The molecule has 0 unspecified atom stereocenters. The summed E-state index contributed by atoms with van der Waals surface area (Å²) >= 11 is 0. The Hall–Kier alpha value is -2.86. The lowest BCUT2D eigenvalue weighted by atomic mass is 10.2. The zero-order valence-corrected chi connectivity index (χ0v) is 14.4. The molecule has 3 aromatic rings. The highest BCUT2D eigenvalue weighted by molar-refractivity contribution is 7.91. The zero-order valence-electron chi connectivity index (χ0n) is 13.6. The van der Waals surface area contributed by atoms with Crippen LogP contribution in [0.25, 0.3) is 0 Å². The van der Waals surface area contributed by atoms with Crippen molar-refractivity contribution < 1.29 is 8.42 Å². The standard InChI is InChI=1S/C19H19N3O2S/c20-15-4-8-18(9-5-15)25(23,24)19-10-6-17(7-11-19)22-14-12-16-3-1-2-13-21-16/h1-11,13,22H,12,14,20H2. The molecule has 6 heteroatoms. The molecule has 0 radical (unpaired) electrons. The van der Waals surface area contributed by atoms with Crippen LogP contribution in [-0.4, -0.2) is 19.9 Å². The van der Waals surface area contributed by atoms with Crippen LogP contribution in [0.2, 0.25) is 0 Å². The van der Waals surface area contributed by atoms with E-state index in [-0.39, 0.29) is 9.79 Å². The van der Waals surface area contributed by atoms with Gasteiger partial charge in [0.05, 0.1) is 9.79 Å². The third kappa shape index (κ3) is 4.16. The van der Waals surface area contributed by atoms with Crippen molar-refractivity contribution in [1.29, 1.82) is 0 Å². The van der Waals surface area contributed by atoms with Gasteiger partial charge in [-0.25, -0.2) is 8.42 Å². The lowest BCUT2D eigenvalue weighted by molar-refractivity contribution is 0.596. The number of nitrogens with one attached hydrogen (secondary N) is 1. The molecule has 0 aliphatic rings. The Bertz CT molecular complexity index is 923. The van der Waals surface area contributed by atoms with E-state index in [4.69, 9.17) is 5.73 Å². The van der Waals surface area contributed by atoms with Gasteiger partial charge in [-0.1, -0.05) is 6.07 Å². The molecule has 5 nitrogen and oxygen atoms in total.